The zero-order chi connectivity index (χ0) is 19.4. The number of hydrogen-bond donors (Lipinski definition) is 1. The molecule has 142 valence electrons. The Kier molecular flexibility index (Phi) is 4.17. The van der Waals surface area contributed by atoms with E-state index in [2.05, 4.69) is 4.98 Å². The molecule has 0 bridgehead atoms. The van der Waals surface area contributed by atoms with Crippen molar-refractivity contribution >= 4 is 50.0 Å². The summed E-state index contributed by atoms with van der Waals surface area (Å²) in [4.78, 5) is 36.0. The Balaban J connectivity index is 1.50. The highest BCUT2D eigenvalue weighted by Gasteiger charge is 2.25. The maximum atomic E-state index is 13.0. The van der Waals surface area contributed by atoms with Crippen LogP contribution in [0.15, 0.2) is 40.4 Å². The molecule has 28 heavy (non-hydrogen) atoms. The van der Waals surface area contributed by atoms with Crippen LogP contribution in [0.1, 0.15) is 34.1 Å². The van der Waals surface area contributed by atoms with Crippen molar-refractivity contribution in [3.63, 3.8) is 0 Å². The molecule has 1 aliphatic carbocycles. The van der Waals surface area contributed by atoms with Crippen molar-refractivity contribution < 1.29 is 4.79 Å². The first kappa shape index (κ1) is 17.7. The molecule has 1 aliphatic rings. The lowest BCUT2D eigenvalue weighted by molar-refractivity contribution is 0.0995. The summed E-state index contributed by atoms with van der Waals surface area (Å²) in [5.74, 6) is 0.0328. The van der Waals surface area contributed by atoms with Crippen LogP contribution in [0.25, 0.3) is 21.1 Å². The maximum Gasteiger partial charge on any atom is 0.262 e. The first-order chi connectivity index (χ1) is 13.5. The second-order valence-electron chi connectivity index (χ2n) is 7.17. The van der Waals surface area contributed by atoms with E-state index in [9.17, 15) is 9.59 Å². The Bertz CT molecular complexity index is 1300. The van der Waals surface area contributed by atoms with Gasteiger partial charge in [0.2, 0.25) is 0 Å². The molecule has 7 heteroatoms. The number of hydrogen-bond acceptors (Lipinski definition) is 5. The summed E-state index contributed by atoms with van der Waals surface area (Å²) in [5, 5.41) is 1.95. The van der Waals surface area contributed by atoms with Gasteiger partial charge in [0.25, 0.3) is 5.56 Å². The summed E-state index contributed by atoms with van der Waals surface area (Å²) < 4.78 is 1.59. The quantitative estimate of drug-likeness (QED) is 0.309. The van der Waals surface area contributed by atoms with Crippen LogP contribution in [0, 0.1) is 0 Å². The number of aromatic amines is 1. The third-order valence-electron chi connectivity index (χ3n) is 5.41. The number of H-pyrrole nitrogens is 1. The number of thioether (sulfide) groups is 1. The van der Waals surface area contributed by atoms with Crippen LogP contribution < -0.4 is 5.56 Å². The van der Waals surface area contributed by atoms with Crippen molar-refractivity contribution in [2.45, 2.75) is 36.6 Å². The van der Waals surface area contributed by atoms with Crippen molar-refractivity contribution in [3.05, 3.63) is 56.8 Å². The molecular formula is C21H19N3O2S2. The van der Waals surface area contributed by atoms with E-state index in [0.29, 0.717) is 10.7 Å². The first-order valence-electron chi connectivity index (χ1n) is 9.33. The third-order valence-corrected chi connectivity index (χ3v) is 7.74. The van der Waals surface area contributed by atoms with E-state index in [1.807, 2.05) is 31.2 Å². The second-order valence-corrected chi connectivity index (χ2v) is 9.56. The van der Waals surface area contributed by atoms with Crippen molar-refractivity contribution in [2.75, 3.05) is 0 Å². The Labute approximate surface area is 169 Å². The third kappa shape index (κ3) is 2.64. The predicted molar refractivity (Wildman–Crippen MR) is 115 cm³/mol. The van der Waals surface area contributed by atoms with E-state index in [1.165, 1.54) is 22.2 Å². The molecule has 4 aromatic rings. The topological polar surface area (TPSA) is 67.8 Å². The number of nitrogens with one attached hydrogen (secondary N) is 1. The van der Waals surface area contributed by atoms with Crippen LogP contribution in [-0.4, -0.2) is 25.6 Å². The zero-order valence-corrected chi connectivity index (χ0v) is 17.2. The molecule has 1 N–H and O–H groups in total. The highest BCUT2D eigenvalue weighted by Crippen LogP contribution is 2.36. The first-order valence-corrected chi connectivity index (χ1v) is 11.0. The summed E-state index contributed by atoms with van der Waals surface area (Å²) in [6.07, 6.45) is 4.89. The Hall–Kier alpha value is -2.38. The molecular weight excluding hydrogens is 390 g/mol. The molecule has 1 atom stereocenters. The average molecular weight is 410 g/mol. The van der Waals surface area contributed by atoms with Gasteiger partial charge in [-0.15, -0.1) is 11.3 Å². The van der Waals surface area contributed by atoms with Gasteiger partial charge in [0.1, 0.15) is 4.83 Å². The lowest BCUT2D eigenvalue weighted by Crippen LogP contribution is -2.22. The number of carbonyl (C=O) groups is 1. The molecule has 1 aromatic carbocycles. The predicted octanol–water partition coefficient (Wildman–Crippen LogP) is 4.33. The smallest absolute Gasteiger partial charge is 0.262 e. The van der Waals surface area contributed by atoms with E-state index in [1.54, 1.807) is 29.1 Å². The van der Waals surface area contributed by atoms with Crippen LogP contribution in [0.2, 0.25) is 0 Å². The molecule has 0 spiro atoms. The fraction of sp³-hybridized carbons (Fsp3) is 0.286. The van der Waals surface area contributed by atoms with E-state index in [0.717, 1.165) is 40.4 Å². The SMILES string of the molecule is CC(Sc1nc2sc3c(c2c(=O)n1C)CCC3)C(=O)c1c[nH]c2ccccc12. The van der Waals surface area contributed by atoms with Crippen molar-refractivity contribution in [1.82, 2.24) is 14.5 Å². The summed E-state index contributed by atoms with van der Waals surface area (Å²) in [7, 11) is 1.75. The van der Waals surface area contributed by atoms with Crippen molar-refractivity contribution in [1.29, 1.82) is 0 Å². The van der Waals surface area contributed by atoms with Gasteiger partial charge >= 0.3 is 0 Å². The largest absolute Gasteiger partial charge is 0.360 e. The number of rotatable bonds is 4. The molecule has 5 rings (SSSR count). The maximum absolute atomic E-state index is 13.0. The fourth-order valence-corrected chi connectivity index (χ4v) is 6.16. The zero-order valence-electron chi connectivity index (χ0n) is 15.6. The van der Waals surface area contributed by atoms with E-state index in [4.69, 9.17) is 4.98 Å². The Morgan fingerprint density at radius 1 is 1.32 bits per heavy atom. The van der Waals surface area contributed by atoms with Gasteiger partial charge in [-0.25, -0.2) is 4.98 Å². The number of aromatic nitrogens is 3. The number of benzene rings is 1. The number of fused-ring (bicyclic) bond motifs is 4. The summed E-state index contributed by atoms with van der Waals surface area (Å²) >= 11 is 2.98. The van der Waals surface area contributed by atoms with E-state index >= 15 is 0 Å². The minimum Gasteiger partial charge on any atom is -0.360 e. The number of aryl methyl sites for hydroxylation is 2. The number of thiophene rings is 1. The van der Waals surface area contributed by atoms with Gasteiger partial charge in [-0.2, -0.15) is 0 Å². The molecule has 0 amide bonds. The molecule has 5 nitrogen and oxygen atoms in total. The number of ketones is 1. The van der Waals surface area contributed by atoms with Gasteiger partial charge < -0.3 is 4.98 Å². The lowest BCUT2D eigenvalue weighted by atomic mass is 10.1. The van der Waals surface area contributed by atoms with Crippen LogP contribution in [0.4, 0.5) is 0 Å². The number of Topliss-reactive ketones (excluding diaryl/α,β-unsaturated/α-hetero) is 1. The molecule has 0 saturated heterocycles. The van der Waals surface area contributed by atoms with Gasteiger partial charge in [-0.3, -0.25) is 14.2 Å². The normalized spacial score (nSPS) is 14.6. The second kappa shape index (κ2) is 6.60. The standard InChI is InChI=1S/C21H19N3O2S2/c1-11(18(25)14-10-22-15-8-4-3-6-12(14)15)27-21-23-19-17(20(26)24(21)2)13-7-5-9-16(13)28-19/h3-4,6,8,10-11,22H,5,7,9H2,1-2H3. The molecule has 0 aliphatic heterocycles. The van der Waals surface area contributed by atoms with E-state index in [-0.39, 0.29) is 16.6 Å². The minimum atomic E-state index is -0.346. The van der Waals surface area contributed by atoms with Crippen LogP contribution >= 0.6 is 23.1 Å². The van der Waals surface area contributed by atoms with Gasteiger partial charge in [0, 0.05) is 34.6 Å². The van der Waals surface area contributed by atoms with Gasteiger partial charge in [0.05, 0.1) is 10.6 Å². The monoisotopic (exact) mass is 409 g/mol. The summed E-state index contributed by atoms with van der Waals surface area (Å²) in [6.45, 7) is 1.87. The fourth-order valence-electron chi connectivity index (χ4n) is 3.92. The van der Waals surface area contributed by atoms with Crippen molar-refractivity contribution in [3.8, 4) is 0 Å². The minimum absolute atomic E-state index is 0.00126. The highest BCUT2D eigenvalue weighted by atomic mass is 32.2. The Morgan fingerprint density at radius 3 is 3.00 bits per heavy atom. The molecule has 3 aromatic heterocycles. The molecule has 0 radical (unpaired) electrons. The summed E-state index contributed by atoms with van der Waals surface area (Å²) in [5.41, 5.74) is 2.81. The molecule has 0 saturated carbocycles. The van der Waals surface area contributed by atoms with Gasteiger partial charge in [-0.1, -0.05) is 30.0 Å². The number of nitrogens with zero attached hydrogens (tertiary/aromatic N) is 2. The average Bonchev–Trinajstić information content (AvgIpc) is 3.39. The molecule has 0 fully saturated rings. The number of para-hydroxylation sites is 1. The van der Waals surface area contributed by atoms with Gasteiger partial charge in [-0.05, 0) is 37.8 Å². The molecule has 1 unspecified atom stereocenters. The van der Waals surface area contributed by atoms with Gasteiger partial charge in [0.15, 0.2) is 10.9 Å². The van der Waals surface area contributed by atoms with Crippen LogP contribution in [0.5, 0.6) is 0 Å². The van der Waals surface area contributed by atoms with Crippen molar-refractivity contribution in [2.24, 2.45) is 7.05 Å². The van der Waals surface area contributed by atoms with E-state index < -0.39 is 0 Å². The highest BCUT2D eigenvalue weighted by molar-refractivity contribution is 8.00. The van der Waals surface area contributed by atoms with Crippen LogP contribution in [-0.2, 0) is 19.9 Å². The Morgan fingerprint density at radius 2 is 2.14 bits per heavy atom. The molecule has 3 heterocycles. The summed E-state index contributed by atoms with van der Waals surface area (Å²) in [6, 6.07) is 7.78. The number of carbonyl (C=O) groups excluding carboxylic acids is 1. The lowest BCUT2D eigenvalue weighted by Gasteiger charge is -2.12. The van der Waals surface area contributed by atoms with Crippen LogP contribution in [0.3, 0.4) is 0 Å².